The van der Waals surface area contributed by atoms with Gasteiger partial charge in [-0.1, -0.05) is 6.07 Å². The standard InChI is InChI=1S/C7H6IN3/c1-5-2-3-6-9-4-10-11(6)7(5)8/h2-4H,1H3. The largest absolute Gasteiger partial charge is 0.215 e. The molecule has 0 aliphatic heterocycles. The molecule has 0 N–H and O–H groups in total. The first-order chi connectivity index (χ1) is 5.29. The molecule has 0 saturated carbocycles. The van der Waals surface area contributed by atoms with E-state index in [0.717, 1.165) is 9.35 Å². The van der Waals surface area contributed by atoms with Crippen molar-refractivity contribution in [3.8, 4) is 0 Å². The first-order valence-corrected chi connectivity index (χ1v) is 4.32. The van der Waals surface area contributed by atoms with Crippen molar-refractivity contribution in [3.05, 3.63) is 27.7 Å². The number of rotatable bonds is 0. The van der Waals surface area contributed by atoms with Crippen LogP contribution in [-0.2, 0) is 0 Å². The summed E-state index contributed by atoms with van der Waals surface area (Å²) in [6.45, 7) is 2.06. The van der Waals surface area contributed by atoms with Crippen LogP contribution in [0.5, 0.6) is 0 Å². The number of hydrogen-bond donors (Lipinski definition) is 0. The lowest BCUT2D eigenvalue weighted by Gasteiger charge is -1.98. The summed E-state index contributed by atoms with van der Waals surface area (Å²) < 4.78 is 2.95. The van der Waals surface area contributed by atoms with Gasteiger partial charge in [-0.2, -0.15) is 5.10 Å². The third kappa shape index (κ3) is 1.01. The Balaban J connectivity index is 2.93. The number of hydrogen-bond acceptors (Lipinski definition) is 2. The molecule has 0 saturated heterocycles. The second kappa shape index (κ2) is 2.44. The highest BCUT2D eigenvalue weighted by Crippen LogP contribution is 2.11. The molecule has 0 radical (unpaired) electrons. The smallest absolute Gasteiger partial charge is 0.156 e. The molecule has 0 atom stereocenters. The maximum absolute atomic E-state index is 4.08. The van der Waals surface area contributed by atoms with Gasteiger partial charge in [0.2, 0.25) is 0 Å². The summed E-state index contributed by atoms with van der Waals surface area (Å²) in [6, 6.07) is 4.01. The number of halogens is 1. The van der Waals surface area contributed by atoms with Crippen LogP contribution < -0.4 is 0 Å². The second-order valence-corrected chi connectivity index (χ2v) is 3.36. The lowest BCUT2D eigenvalue weighted by molar-refractivity contribution is 0.921. The van der Waals surface area contributed by atoms with E-state index >= 15 is 0 Å². The first-order valence-electron chi connectivity index (χ1n) is 3.24. The fourth-order valence-electron chi connectivity index (χ4n) is 0.951. The summed E-state index contributed by atoms with van der Waals surface area (Å²) in [7, 11) is 0. The molecule has 0 aliphatic rings. The minimum atomic E-state index is 0.903. The molecule has 11 heavy (non-hydrogen) atoms. The number of aryl methyl sites for hydroxylation is 1. The highest BCUT2D eigenvalue weighted by atomic mass is 127. The number of fused-ring (bicyclic) bond motifs is 1. The molecule has 0 amide bonds. The molecule has 3 nitrogen and oxygen atoms in total. The van der Waals surface area contributed by atoms with Gasteiger partial charge < -0.3 is 0 Å². The van der Waals surface area contributed by atoms with Crippen molar-refractivity contribution in [1.29, 1.82) is 0 Å². The van der Waals surface area contributed by atoms with Crippen LogP contribution in [0.25, 0.3) is 5.65 Å². The molecule has 0 spiro atoms. The van der Waals surface area contributed by atoms with Crippen LogP contribution >= 0.6 is 22.6 Å². The van der Waals surface area contributed by atoms with Crippen LogP contribution in [0.15, 0.2) is 18.5 Å². The van der Waals surface area contributed by atoms with E-state index in [1.165, 1.54) is 5.56 Å². The highest BCUT2D eigenvalue weighted by Gasteiger charge is 2.00. The predicted molar refractivity (Wildman–Crippen MR) is 50.4 cm³/mol. The van der Waals surface area contributed by atoms with Crippen LogP contribution in [0.4, 0.5) is 0 Å². The summed E-state index contributed by atoms with van der Waals surface area (Å²) in [5.74, 6) is 0. The Morgan fingerprint density at radius 2 is 2.27 bits per heavy atom. The molecule has 2 aromatic rings. The molecular weight excluding hydrogens is 253 g/mol. The van der Waals surface area contributed by atoms with E-state index in [1.807, 2.05) is 16.6 Å². The minimum Gasteiger partial charge on any atom is -0.215 e. The van der Waals surface area contributed by atoms with E-state index < -0.39 is 0 Å². The van der Waals surface area contributed by atoms with Crippen molar-refractivity contribution in [2.24, 2.45) is 0 Å². The van der Waals surface area contributed by atoms with Crippen molar-refractivity contribution in [2.45, 2.75) is 6.92 Å². The lowest BCUT2D eigenvalue weighted by Crippen LogP contribution is -1.95. The SMILES string of the molecule is Cc1ccc2ncnn2c1I. The molecule has 0 aromatic carbocycles. The normalized spacial score (nSPS) is 10.7. The van der Waals surface area contributed by atoms with Gasteiger partial charge in [0.05, 0.1) is 0 Å². The lowest BCUT2D eigenvalue weighted by atomic mass is 10.3. The Morgan fingerprint density at radius 3 is 3.09 bits per heavy atom. The van der Waals surface area contributed by atoms with E-state index in [0.29, 0.717) is 0 Å². The second-order valence-electron chi connectivity index (χ2n) is 2.34. The molecule has 0 aliphatic carbocycles. The quantitative estimate of drug-likeness (QED) is 0.531. The molecular formula is C7H6IN3. The van der Waals surface area contributed by atoms with E-state index in [-0.39, 0.29) is 0 Å². The van der Waals surface area contributed by atoms with Crippen LogP contribution in [0.3, 0.4) is 0 Å². The summed E-state index contributed by atoms with van der Waals surface area (Å²) in [6.07, 6.45) is 1.57. The molecule has 2 heterocycles. The molecule has 4 heteroatoms. The van der Waals surface area contributed by atoms with E-state index in [2.05, 4.69) is 39.6 Å². The topological polar surface area (TPSA) is 30.2 Å². The molecule has 0 bridgehead atoms. The maximum Gasteiger partial charge on any atom is 0.156 e. The van der Waals surface area contributed by atoms with E-state index in [4.69, 9.17) is 0 Å². The number of nitrogens with zero attached hydrogens (tertiary/aromatic N) is 3. The number of aromatic nitrogens is 3. The van der Waals surface area contributed by atoms with Crippen LogP contribution in [0.2, 0.25) is 0 Å². The van der Waals surface area contributed by atoms with Crippen molar-refractivity contribution in [2.75, 3.05) is 0 Å². The van der Waals surface area contributed by atoms with Gasteiger partial charge in [0.25, 0.3) is 0 Å². The van der Waals surface area contributed by atoms with Gasteiger partial charge >= 0.3 is 0 Å². The average Bonchev–Trinajstić information content (AvgIpc) is 2.45. The summed E-state index contributed by atoms with van der Waals surface area (Å²) in [5.41, 5.74) is 2.13. The fraction of sp³-hybridized carbons (Fsp3) is 0.143. The molecule has 2 rings (SSSR count). The van der Waals surface area contributed by atoms with E-state index in [9.17, 15) is 0 Å². The minimum absolute atomic E-state index is 0.903. The Bertz CT molecular complexity index is 393. The van der Waals surface area contributed by atoms with Crippen LogP contribution in [-0.4, -0.2) is 14.6 Å². The van der Waals surface area contributed by atoms with E-state index in [1.54, 1.807) is 6.33 Å². The van der Waals surface area contributed by atoms with Crippen molar-refractivity contribution in [3.63, 3.8) is 0 Å². The Labute approximate surface area is 77.6 Å². The van der Waals surface area contributed by atoms with Crippen molar-refractivity contribution >= 4 is 28.2 Å². The van der Waals surface area contributed by atoms with Gasteiger partial charge in [-0.25, -0.2) is 9.50 Å². The van der Waals surface area contributed by atoms with Crippen LogP contribution in [0, 0.1) is 10.6 Å². The maximum atomic E-state index is 4.08. The molecule has 56 valence electrons. The summed E-state index contributed by atoms with van der Waals surface area (Å²) in [5, 5.41) is 4.08. The van der Waals surface area contributed by atoms with Gasteiger partial charge in [-0.3, -0.25) is 0 Å². The Hall–Kier alpha value is -0.650. The summed E-state index contributed by atoms with van der Waals surface area (Å²) >= 11 is 2.26. The predicted octanol–water partition coefficient (Wildman–Crippen LogP) is 1.64. The van der Waals surface area contributed by atoms with Gasteiger partial charge in [0.1, 0.15) is 10.0 Å². The monoisotopic (exact) mass is 259 g/mol. The van der Waals surface area contributed by atoms with Crippen LogP contribution in [0.1, 0.15) is 5.56 Å². The zero-order valence-electron chi connectivity index (χ0n) is 5.95. The third-order valence-corrected chi connectivity index (χ3v) is 2.88. The molecule has 0 fully saturated rings. The third-order valence-electron chi connectivity index (χ3n) is 1.57. The summed E-state index contributed by atoms with van der Waals surface area (Å²) in [4.78, 5) is 4.07. The Kier molecular flexibility index (Phi) is 1.56. The van der Waals surface area contributed by atoms with Gasteiger partial charge in [-0.15, -0.1) is 0 Å². The number of pyridine rings is 1. The first kappa shape index (κ1) is 7.02. The Morgan fingerprint density at radius 1 is 1.45 bits per heavy atom. The van der Waals surface area contributed by atoms with Gasteiger partial charge in [0, 0.05) is 0 Å². The molecule has 0 unspecified atom stereocenters. The highest BCUT2D eigenvalue weighted by molar-refractivity contribution is 14.1. The molecule has 2 aromatic heterocycles. The fourth-order valence-corrected chi connectivity index (χ4v) is 1.50. The van der Waals surface area contributed by atoms with Gasteiger partial charge in [0.15, 0.2) is 5.65 Å². The van der Waals surface area contributed by atoms with Gasteiger partial charge in [-0.05, 0) is 41.1 Å². The van der Waals surface area contributed by atoms with Crippen molar-refractivity contribution in [1.82, 2.24) is 14.6 Å². The average molecular weight is 259 g/mol. The zero-order valence-corrected chi connectivity index (χ0v) is 8.11. The van der Waals surface area contributed by atoms with Crippen molar-refractivity contribution < 1.29 is 0 Å². The zero-order chi connectivity index (χ0) is 7.84.